The van der Waals surface area contributed by atoms with E-state index in [0.717, 1.165) is 4.47 Å². The van der Waals surface area contributed by atoms with Crippen LogP contribution in [0.5, 0.6) is 0 Å². The van der Waals surface area contributed by atoms with Crippen LogP contribution < -0.4 is 5.32 Å². The number of nitrogens with one attached hydrogen (secondary N) is 1. The van der Waals surface area contributed by atoms with Crippen LogP contribution in [0.4, 0.5) is 5.69 Å². The summed E-state index contributed by atoms with van der Waals surface area (Å²) in [5.74, 6) is -0.303. The van der Waals surface area contributed by atoms with E-state index in [-0.39, 0.29) is 16.8 Å². The molecule has 2 aromatic rings. The highest BCUT2D eigenvalue weighted by Gasteiger charge is 2.23. The van der Waals surface area contributed by atoms with E-state index >= 15 is 0 Å². The molecule has 0 radical (unpaired) electrons. The van der Waals surface area contributed by atoms with Crippen molar-refractivity contribution in [1.29, 1.82) is 0 Å². The Morgan fingerprint density at radius 1 is 1.08 bits per heavy atom. The van der Waals surface area contributed by atoms with Crippen molar-refractivity contribution in [2.24, 2.45) is 0 Å². The van der Waals surface area contributed by atoms with Gasteiger partial charge in [-0.05, 0) is 66.2 Å². The molecule has 0 saturated carbocycles. The molecule has 0 aromatic heterocycles. The summed E-state index contributed by atoms with van der Waals surface area (Å²) < 4.78 is 26.9. The summed E-state index contributed by atoms with van der Waals surface area (Å²) in [6.45, 7) is 3.61. The van der Waals surface area contributed by atoms with E-state index in [9.17, 15) is 13.2 Å². The van der Waals surface area contributed by atoms with Gasteiger partial charge in [0.15, 0.2) is 0 Å². The quantitative estimate of drug-likeness (QED) is 0.816. The number of carbonyl (C=O) groups is 1. The van der Waals surface area contributed by atoms with Crippen molar-refractivity contribution in [2.75, 3.05) is 12.4 Å². The summed E-state index contributed by atoms with van der Waals surface area (Å²) in [5, 5.41) is 2.78. The van der Waals surface area contributed by atoms with Gasteiger partial charge in [0.25, 0.3) is 5.91 Å². The molecule has 0 spiro atoms. The van der Waals surface area contributed by atoms with Crippen LogP contribution in [0.1, 0.15) is 24.2 Å². The molecular weight excluding hydrogens is 392 g/mol. The van der Waals surface area contributed by atoms with Crippen LogP contribution in [0.25, 0.3) is 0 Å². The number of amides is 1. The lowest BCUT2D eigenvalue weighted by atomic mass is 10.2. The maximum absolute atomic E-state index is 12.4. The number of hydrogen-bond donors (Lipinski definition) is 1. The van der Waals surface area contributed by atoms with Gasteiger partial charge in [-0.25, -0.2) is 8.42 Å². The molecule has 0 heterocycles. The minimum absolute atomic E-state index is 0.145. The molecular formula is C17H19BrN2O3S. The van der Waals surface area contributed by atoms with E-state index in [2.05, 4.69) is 21.2 Å². The van der Waals surface area contributed by atoms with E-state index in [1.54, 1.807) is 19.9 Å². The van der Waals surface area contributed by atoms with Crippen molar-refractivity contribution in [2.45, 2.75) is 24.8 Å². The Kier molecular flexibility index (Phi) is 5.79. The lowest BCUT2D eigenvalue weighted by Gasteiger charge is -2.21. The molecule has 1 N–H and O–H groups in total. The molecule has 0 aliphatic heterocycles. The maximum atomic E-state index is 12.4. The molecule has 0 aliphatic rings. The van der Waals surface area contributed by atoms with Crippen molar-refractivity contribution in [3.63, 3.8) is 0 Å². The summed E-state index contributed by atoms with van der Waals surface area (Å²) in [6.07, 6.45) is 0. The van der Waals surface area contributed by atoms with E-state index in [1.807, 2.05) is 18.2 Å². The first-order valence-electron chi connectivity index (χ1n) is 7.37. The van der Waals surface area contributed by atoms with Crippen LogP contribution in [0.15, 0.2) is 57.9 Å². The van der Waals surface area contributed by atoms with Crippen molar-refractivity contribution in [1.82, 2.24) is 4.31 Å². The topological polar surface area (TPSA) is 66.5 Å². The number of hydrogen-bond acceptors (Lipinski definition) is 3. The predicted molar refractivity (Wildman–Crippen MR) is 98.6 cm³/mol. The molecule has 5 nitrogen and oxygen atoms in total. The van der Waals surface area contributed by atoms with Crippen LogP contribution >= 0.6 is 15.9 Å². The Morgan fingerprint density at radius 2 is 1.67 bits per heavy atom. The highest BCUT2D eigenvalue weighted by Crippen LogP contribution is 2.22. The monoisotopic (exact) mass is 410 g/mol. The molecule has 24 heavy (non-hydrogen) atoms. The van der Waals surface area contributed by atoms with E-state index in [1.165, 1.54) is 35.6 Å². The number of anilines is 1. The fourth-order valence-electron chi connectivity index (χ4n) is 1.98. The molecule has 2 aromatic carbocycles. The second-order valence-electron chi connectivity index (χ2n) is 5.57. The lowest BCUT2D eigenvalue weighted by Crippen LogP contribution is -2.33. The molecule has 0 unspecified atom stereocenters. The SMILES string of the molecule is CC(C)N(C)S(=O)(=O)c1ccc(C(=O)Nc2ccccc2Br)cc1. The van der Waals surface area contributed by atoms with E-state index in [0.29, 0.717) is 11.3 Å². The van der Waals surface area contributed by atoms with Gasteiger partial charge in [0, 0.05) is 23.1 Å². The van der Waals surface area contributed by atoms with Gasteiger partial charge in [0.1, 0.15) is 0 Å². The number of carbonyl (C=O) groups excluding carboxylic acids is 1. The van der Waals surface area contributed by atoms with Crippen LogP contribution in [-0.4, -0.2) is 31.7 Å². The third-order valence-electron chi connectivity index (χ3n) is 3.64. The second kappa shape index (κ2) is 7.46. The average Bonchev–Trinajstić information content (AvgIpc) is 2.56. The largest absolute Gasteiger partial charge is 0.321 e. The molecule has 0 aliphatic carbocycles. The second-order valence-corrected chi connectivity index (χ2v) is 8.43. The van der Waals surface area contributed by atoms with Crippen LogP contribution in [0, 0.1) is 0 Å². The Balaban J connectivity index is 2.20. The van der Waals surface area contributed by atoms with Gasteiger partial charge >= 0.3 is 0 Å². The Bertz CT molecular complexity index is 833. The summed E-state index contributed by atoms with van der Waals surface area (Å²) in [7, 11) is -2.02. The number of halogens is 1. The summed E-state index contributed by atoms with van der Waals surface area (Å²) in [5.41, 5.74) is 1.04. The van der Waals surface area contributed by atoms with Gasteiger partial charge in [-0.2, -0.15) is 4.31 Å². The van der Waals surface area contributed by atoms with Crippen LogP contribution in [-0.2, 0) is 10.0 Å². The van der Waals surface area contributed by atoms with Crippen molar-refractivity contribution in [3.05, 3.63) is 58.6 Å². The fourth-order valence-corrected chi connectivity index (χ4v) is 3.73. The van der Waals surface area contributed by atoms with Gasteiger partial charge in [0.05, 0.1) is 10.6 Å². The first-order valence-corrected chi connectivity index (χ1v) is 9.61. The smallest absolute Gasteiger partial charge is 0.255 e. The van der Waals surface area contributed by atoms with Gasteiger partial charge in [0.2, 0.25) is 10.0 Å². The molecule has 0 bridgehead atoms. The van der Waals surface area contributed by atoms with Gasteiger partial charge in [-0.1, -0.05) is 12.1 Å². The van der Waals surface area contributed by atoms with Crippen molar-refractivity contribution >= 4 is 37.5 Å². The fraction of sp³-hybridized carbons (Fsp3) is 0.235. The first-order chi connectivity index (χ1) is 11.2. The Labute approximate surface area is 150 Å². The predicted octanol–water partition coefficient (Wildman–Crippen LogP) is 3.73. The number of nitrogens with zero attached hydrogens (tertiary/aromatic N) is 1. The summed E-state index contributed by atoms with van der Waals surface area (Å²) in [4.78, 5) is 12.4. The van der Waals surface area contributed by atoms with E-state index < -0.39 is 10.0 Å². The molecule has 0 fully saturated rings. The third kappa shape index (κ3) is 4.03. The van der Waals surface area contributed by atoms with Gasteiger partial charge < -0.3 is 5.32 Å². The molecule has 0 atom stereocenters. The van der Waals surface area contributed by atoms with Crippen LogP contribution in [0.2, 0.25) is 0 Å². The molecule has 128 valence electrons. The Morgan fingerprint density at radius 3 is 2.21 bits per heavy atom. The highest BCUT2D eigenvalue weighted by atomic mass is 79.9. The van der Waals surface area contributed by atoms with E-state index in [4.69, 9.17) is 0 Å². The minimum atomic E-state index is -3.55. The van der Waals surface area contributed by atoms with Crippen LogP contribution in [0.3, 0.4) is 0 Å². The molecule has 2 rings (SSSR count). The zero-order valence-electron chi connectivity index (χ0n) is 13.7. The molecule has 0 saturated heterocycles. The molecule has 1 amide bonds. The number of para-hydroxylation sites is 1. The van der Waals surface area contributed by atoms with Crippen molar-refractivity contribution in [3.8, 4) is 0 Å². The normalized spacial score (nSPS) is 11.8. The van der Waals surface area contributed by atoms with Gasteiger partial charge in [-0.3, -0.25) is 4.79 Å². The first kappa shape index (κ1) is 18.6. The zero-order valence-corrected chi connectivity index (χ0v) is 16.1. The standard InChI is InChI=1S/C17H19BrN2O3S/c1-12(2)20(3)24(22,23)14-10-8-13(9-11-14)17(21)19-16-7-5-4-6-15(16)18/h4-12H,1-3H3,(H,19,21). The molecule has 7 heteroatoms. The average molecular weight is 411 g/mol. The van der Waals surface area contributed by atoms with Crippen molar-refractivity contribution < 1.29 is 13.2 Å². The summed E-state index contributed by atoms with van der Waals surface area (Å²) in [6, 6.07) is 13.0. The maximum Gasteiger partial charge on any atom is 0.255 e. The zero-order chi connectivity index (χ0) is 17.9. The number of benzene rings is 2. The lowest BCUT2D eigenvalue weighted by molar-refractivity contribution is 0.102. The minimum Gasteiger partial charge on any atom is -0.321 e. The summed E-state index contributed by atoms with van der Waals surface area (Å²) >= 11 is 3.36. The Hall–Kier alpha value is -1.70. The number of rotatable bonds is 5. The third-order valence-corrected chi connectivity index (χ3v) is 6.38. The highest BCUT2D eigenvalue weighted by molar-refractivity contribution is 9.10. The number of sulfonamides is 1. The van der Waals surface area contributed by atoms with Gasteiger partial charge in [-0.15, -0.1) is 0 Å².